The monoisotopic (exact) mass is 399 g/mol. The standard InChI is InChI=1S/C25H29N5/c1-24(2,3)17-7-10-21-19(13-17)23(29-15-28-21)27-14-25(4,5)18-8-9-20-16(12-18)6-11-22(26)30-20/h6-13,15H,14H2,1-5H3,(H2,26,30)(H,27,28,29). The molecule has 0 saturated heterocycles. The highest BCUT2D eigenvalue weighted by atomic mass is 15.0. The van der Waals surface area contributed by atoms with Gasteiger partial charge in [-0.3, -0.25) is 0 Å². The van der Waals surface area contributed by atoms with Crippen molar-refractivity contribution in [2.45, 2.75) is 45.4 Å². The van der Waals surface area contributed by atoms with Crippen molar-refractivity contribution in [3.05, 3.63) is 66.0 Å². The number of nitrogens with one attached hydrogen (secondary N) is 1. The Morgan fingerprint density at radius 2 is 1.57 bits per heavy atom. The summed E-state index contributed by atoms with van der Waals surface area (Å²) in [6, 6.07) is 16.7. The van der Waals surface area contributed by atoms with Crippen LogP contribution in [0.1, 0.15) is 45.7 Å². The maximum absolute atomic E-state index is 5.81. The maximum Gasteiger partial charge on any atom is 0.137 e. The number of hydrogen-bond donors (Lipinski definition) is 2. The van der Waals surface area contributed by atoms with Crippen molar-refractivity contribution < 1.29 is 0 Å². The molecule has 0 aliphatic heterocycles. The second-order valence-electron chi connectivity index (χ2n) is 9.59. The molecule has 0 saturated carbocycles. The summed E-state index contributed by atoms with van der Waals surface area (Å²) in [4.78, 5) is 13.4. The molecule has 0 atom stereocenters. The van der Waals surface area contributed by atoms with Crippen molar-refractivity contribution in [2.75, 3.05) is 17.6 Å². The van der Waals surface area contributed by atoms with Crippen molar-refractivity contribution >= 4 is 33.4 Å². The maximum atomic E-state index is 5.81. The molecule has 2 heterocycles. The Balaban J connectivity index is 1.63. The molecule has 0 radical (unpaired) electrons. The summed E-state index contributed by atoms with van der Waals surface area (Å²) in [7, 11) is 0. The summed E-state index contributed by atoms with van der Waals surface area (Å²) in [6.45, 7) is 11.9. The van der Waals surface area contributed by atoms with Gasteiger partial charge in [-0.1, -0.05) is 46.8 Å². The quantitative estimate of drug-likeness (QED) is 0.477. The van der Waals surface area contributed by atoms with Gasteiger partial charge in [0.1, 0.15) is 18.0 Å². The highest BCUT2D eigenvalue weighted by Crippen LogP contribution is 2.30. The molecule has 5 heteroatoms. The first-order valence-electron chi connectivity index (χ1n) is 10.3. The Morgan fingerprint density at radius 3 is 2.33 bits per heavy atom. The van der Waals surface area contributed by atoms with Gasteiger partial charge in [0, 0.05) is 22.7 Å². The van der Waals surface area contributed by atoms with Crippen LogP contribution in [0.2, 0.25) is 0 Å². The minimum absolute atomic E-state index is 0.0725. The van der Waals surface area contributed by atoms with Crippen LogP contribution in [0, 0.1) is 0 Å². The summed E-state index contributed by atoms with van der Waals surface area (Å²) in [5, 5.41) is 5.72. The van der Waals surface area contributed by atoms with E-state index in [2.05, 4.69) is 85.2 Å². The Morgan fingerprint density at radius 1 is 0.833 bits per heavy atom. The van der Waals surface area contributed by atoms with E-state index in [1.807, 2.05) is 18.2 Å². The smallest absolute Gasteiger partial charge is 0.137 e. The molecule has 0 amide bonds. The van der Waals surface area contributed by atoms with Crippen LogP contribution in [0.4, 0.5) is 11.6 Å². The molecule has 0 aliphatic carbocycles. The second kappa shape index (κ2) is 7.24. The fraction of sp³-hybridized carbons (Fsp3) is 0.320. The Kier molecular flexibility index (Phi) is 4.85. The Hall–Kier alpha value is -3.21. The summed E-state index contributed by atoms with van der Waals surface area (Å²) in [5.74, 6) is 1.41. The van der Waals surface area contributed by atoms with Crippen LogP contribution in [0.25, 0.3) is 21.8 Å². The highest BCUT2D eigenvalue weighted by molar-refractivity contribution is 5.89. The lowest BCUT2D eigenvalue weighted by molar-refractivity contribution is 0.557. The number of nitrogens with zero attached hydrogens (tertiary/aromatic N) is 3. The number of rotatable bonds is 4. The van der Waals surface area contributed by atoms with E-state index < -0.39 is 0 Å². The number of nitrogens with two attached hydrogens (primary N) is 1. The zero-order valence-electron chi connectivity index (χ0n) is 18.3. The highest BCUT2D eigenvalue weighted by Gasteiger charge is 2.22. The zero-order valence-corrected chi connectivity index (χ0v) is 18.3. The topological polar surface area (TPSA) is 76.7 Å². The normalized spacial score (nSPS) is 12.4. The molecule has 0 aliphatic rings. The van der Waals surface area contributed by atoms with E-state index >= 15 is 0 Å². The van der Waals surface area contributed by atoms with Crippen molar-refractivity contribution in [1.82, 2.24) is 15.0 Å². The van der Waals surface area contributed by atoms with E-state index in [-0.39, 0.29) is 10.8 Å². The molecule has 5 nitrogen and oxygen atoms in total. The van der Waals surface area contributed by atoms with Crippen LogP contribution in [0.15, 0.2) is 54.9 Å². The number of benzene rings is 2. The third-order valence-corrected chi connectivity index (χ3v) is 5.69. The lowest BCUT2D eigenvalue weighted by Crippen LogP contribution is -2.28. The lowest BCUT2D eigenvalue weighted by Gasteiger charge is -2.27. The third-order valence-electron chi connectivity index (χ3n) is 5.69. The molecule has 0 spiro atoms. The van der Waals surface area contributed by atoms with Crippen LogP contribution in [-0.2, 0) is 10.8 Å². The van der Waals surface area contributed by atoms with Gasteiger partial charge in [-0.2, -0.15) is 0 Å². The summed E-state index contributed by atoms with van der Waals surface area (Å²) < 4.78 is 0. The fourth-order valence-electron chi connectivity index (χ4n) is 3.63. The second-order valence-corrected chi connectivity index (χ2v) is 9.59. The number of hydrogen-bond acceptors (Lipinski definition) is 5. The predicted octanol–water partition coefficient (Wildman–Crippen LogP) is 5.45. The molecule has 0 fully saturated rings. The SMILES string of the molecule is CC(C)(C)c1ccc2ncnc(NCC(C)(C)c3ccc4nc(N)ccc4c3)c2c1. The molecule has 0 bridgehead atoms. The molecule has 30 heavy (non-hydrogen) atoms. The van der Waals surface area contributed by atoms with Gasteiger partial charge >= 0.3 is 0 Å². The van der Waals surface area contributed by atoms with E-state index in [1.54, 1.807) is 6.33 Å². The van der Waals surface area contributed by atoms with E-state index in [0.29, 0.717) is 5.82 Å². The van der Waals surface area contributed by atoms with Gasteiger partial charge in [0.05, 0.1) is 11.0 Å². The Bertz CT molecular complexity index is 1220. The van der Waals surface area contributed by atoms with Gasteiger partial charge in [0.15, 0.2) is 0 Å². The minimum Gasteiger partial charge on any atom is -0.384 e. The average Bonchev–Trinajstić information content (AvgIpc) is 2.70. The molecule has 3 N–H and O–H groups in total. The number of aromatic nitrogens is 3. The molecule has 4 rings (SSSR count). The fourth-order valence-corrected chi connectivity index (χ4v) is 3.63. The first-order valence-corrected chi connectivity index (χ1v) is 10.3. The van der Waals surface area contributed by atoms with Crippen molar-refractivity contribution in [3.63, 3.8) is 0 Å². The number of anilines is 2. The van der Waals surface area contributed by atoms with E-state index in [1.165, 1.54) is 11.1 Å². The average molecular weight is 400 g/mol. The van der Waals surface area contributed by atoms with Crippen LogP contribution in [0.5, 0.6) is 0 Å². The minimum atomic E-state index is -0.103. The van der Waals surface area contributed by atoms with Crippen LogP contribution in [0.3, 0.4) is 0 Å². The number of fused-ring (bicyclic) bond motifs is 2. The van der Waals surface area contributed by atoms with Gasteiger partial charge in [0.25, 0.3) is 0 Å². The molecular formula is C25H29N5. The van der Waals surface area contributed by atoms with Gasteiger partial charge in [-0.25, -0.2) is 15.0 Å². The van der Waals surface area contributed by atoms with E-state index in [0.717, 1.165) is 34.2 Å². The Labute approximate surface area is 177 Å². The third kappa shape index (κ3) is 3.92. The summed E-state index contributed by atoms with van der Waals surface area (Å²) in [5.41, 5.74) is 10.2. The largest absolute Gasteiger partial charge is 0.384 e. The van der Waals surface area contributed by atoms with Gasteiger partial charge < -0.3 is 11.1 Å². The van der Waals surface area contributed by atoms with Crippen LogP contribution >= 0.6 is 0 Å². The molecule has 154 valence electrons. The van der Waals surface area contributed by atoms with Crippen molar-refractivity contribution in [1.29, 1.82) is 0 Å². The molecular weight excluding hydrogens is 370 g/mol. The molecule has 4 aromatic rings. The van der Waals surface area contributed by atoms with Gasteiger partial charge in [0.2, 0.25) is 0 Å². The molecule has 2 aromatic carbocycles. The first-order chi connectivity index (χ1) is 14.1. The predicted molar refractivity (Wildman–Crippen MR) is 126 cm³/mol. The lowest BCUT2D eigenvalue weighted by atomic mass is 9.84. The first kappa shape index (κ1) is 20.1. The van der Waals surface area contributed by atoms with Crippen LogP contribution < -0.4 is 11.1 Å². The van der Waals surface area contributed by atoms with Gasteiger partial charge in [-0.05, 0) is 52.9 Å². The van der Waals surface area contributed by atoms with E-state index in [4.69, 9.17) is 5.73 Å². The summed E-state index contributed by atoms with van der Waals surface area (Å²) in [6.07, 6.45) is 1.63. The summed E-state index contributed by atoms with van der Waals surface area (Å²) >= 11 is 0. The van der Waals surface area contributed by atoms with Crippen molar-refractivity contribution in [3.8, 4) is 0 Å². The number of nitrogen functional groups attached to an aromatic ring is 1. The zero-order chi connectivity index (χ0) is 21.5. The molecule has 0 unspecified atom stereocenters. The number of pyridine rings is 1. The van der Waals surface area contributed by atoms with E-state index in [9.17, 15) is 0 Å². The van der Waals surface area contributed by atoms with Crippen LogP contribution in [-0.4, -0.2) is 21.5 Å². The van der Waals surface area contributed by atoms with Crippen molar-refractivity contribution in [2.24, 2.45) is 0 Å². The molecule has 2 aromatic heterocycles. The van der Waals surface area contributed by atoms with Gasteiger partial charge in [-0.15, -0.1) is 0 Å².